The SMILES string of the molecule is Cc1cc(NC(=O)c2ccc(NS(=O)(=O)C(F)CO)cc2N2CCC(=C(F)F)CC2)nc(N2CCC(F)(F)CC2)n1. The van der Waals surface area contributed by atoms with Gasteiger partial charge in [0.1, 0.15) is 5.82 Å². The highest BCUT2D eigenvalue weighted by Gasteiger charge is 2.35. The Morgan fingerprint density at radius 2 is 1.73 bits per heavy atom. The van der Waals surface area contributed by atoms with Crippen LogP contribution in [-0.4, -0.2) is 73.6 Å². The van der Waals surface area contributed by atoms with Crippen LogP contribution in [0, 0.1) is 6.92 Å². The molecular weight excluding hydrogens is 575 g/mol. The van der Waals surface area contributed by atoms with Gasteiger partial charge >= 0.3 is 0 Å². The lowest BCUT2D eigenvalue weighted by Gasteiger charge is -2.32. The van der Waals surface area contributed by atoms with Crippen LogP contribution < -0.4 is 19.8 Å². The summed E-state index contributed by atoms with van der Waals surface area (Å²) in [6.07, 6.45) is -2.45. The first-order valence-electron chi connectivity index (χ1n) is 12.8. The van der Waals surface area contributed by atoms with Gasteiger partial charge in [-0.25, -0.2) is 26.6 Å². The van der Waals surface area contributed by atoms with E-state index in [1.165, 1.54) is 24.3 Å². The van der Waals surface area contributed by atoms with Crippen molar-refractivity contribution in [2.24, 2.45) is 0 Å². The highest BCUT2D eigenvalue weighted by molar-refractivity contribution is 7.93. The summed E-state index contributed by atoms with van der Waals surface area (Å²) < 4.78 is 93.5. The maximum Gasteiger partial charge on any atom is 0.269 e. The van der Waals surface area contributed by atoms with E-state index in [0.717, 1.165) is 0 Å². The molecule has 1 unspecified atom stereocenters. The lowest BCUT2D eigenvalue weighted by Crippen LogP contribution is -2.40. The van der Waals surface area contributed by atoms with E-state index in [-0.39, 0.29) is 86.1 Å². The summed E-state index contributed by atoms with van der Waals surface area (Å²) in [6, 6.07) is 5.28. The molecule has 224 valence electrons. The molecule has 0 saturated carbocycles. The van der Waals surface area contributed by atoms with Crippen LogP contribution in [0.3, 0.4) is 0 Å². The Kier molecular flexibility index (Phi) is 9.01. The Hall–Kier alpha value is -3.53. The second-order valence-corrected chi connectivity index (χ2v) is 11.6. The topological polar surface area (TPSA) is 128 Å². The van der Waals surface area contributed by atoms with Crippen LogP contribution >= 0.6 is 0 Å². The molecule has 16 heteroatoms. The van der Waals surface area contributed by atoms with Crippen molar-refractivity contribution in [2.45, 2.75) is 44.0 Å². The molecule has 0 bridgehead atoms. The van der Waals surface area contributed by atoms with Crippen molar-refractivity contribution in [1.29, 1.82) is 0 Å². The molecule has 10 nitrogen and oxygen atoms in total. The summed E-state index contributed by atoms with van der Waals surface area (Å²) in [5.41, 5.74) is -1.99. The minimum Gasteiger partial charge on any atom is -0.392 e. The smallest absolute Gasteiger partial charge is 0.269 e. The predicted octanol–water partition coefficient (Wildman–Crippen LogP) is 4.05. The number of anilines is 4. The molecule has 4 rings (SSSR count). The molecule has 1 aromatic heterocycles. The molecule has 0 radical (unpaired) electrons. The molecule has 2 aliphatic rings. The Morgan fingerprint density at radius 1 is 1.07 bits per heavy atom. The molecule has 1 aromatic carbocycles. The highest BCUT2D eigenvalue weighted by Crippen LogP contribution is 2.32. The first kappa shape index (κ1) is 30.4. The molecule has 1 amide bonds. The number of hydrogen-bond acceptors (Lipinski definition) is 8. The number of hydrogen-bond donors (Lipinski definition) is 3. The van der Waals surface area contributed by atoms with Crippen molar-refractivity contribution >= 4 is 39.1 Å². The number of nitrogens with one attached hydrogen (secondary N) is 2. The lowest BCUT2D eigenvalue weighted by atomic mass is 10.0. The normalized spacial score (nSPS) is 18.2. The van der Waals surface area contributed by atoms with E-state index in [1.54, 1.807) is 16.7 Å². The summed E-state index contributed by atoms with van der Waals surface area (Å²) in [7, 11) is -4.60. The van der Waals surface area contributed by atoms with Gasteiger partial charge in [-0.05, 0) is 43.5 Å². The Balaban J connectivity index is 1.62. The summed E-state index contributed by atoms with van der Waals surface area (Å²) in [6.45, 7) is 0.653. The molecule has 2 fully saturated rings. The summed E-state index contributed by atoms with van der Waals surface area (Å²) in [5, 5.41) is 11.6. The van der Waals surface area contributed by atoms with Gasteiger partial charge in [0.25, 0.3) is 27.9 Å². The third-order valence-corrected chi connectivity index (χ3v) is 8.16. The van der Waals surface area contributed by atoms with Crippen LogP contribution in [0.25, 0.3) is 0 Å². The first-order chi connectivity index (χ1) is 19.3. The maximum absolute atomic E-state index is 13.8. The van der Waals surface area contributed by atoms with Crippen LogP contribution in [0.1, 0.15) is 41.7 Å². The van der Waals surface area contributed by atoms with Crippen molar-refractivity contribution in [3.8, 4) is 0 Å². The van der Waals surface area contributed by atoms with Crippen molar-refractivity contribution in [3.05, 3.63) is 47.2 Å². The number of carbonyl (C=O) groups excluding carboxylic acids is 1. The fourth-order valence-corrected chi connectivity index (χ4v) is 5.34. The molecule has 3 heterocycles. The number of amides is 1. The number of aliphatic hydroxyl groups excluding tert-OH is 1. The third kappa shape index (κ3) is 7.41. The number of alkyl halides is 3. The van der Waals surface area contributed by atoms with Crippen LogP contribution in [0.15, 0.2) is 35.9 Å². The number of benzene rings is 1. The number of aliphatic hydroxyl groups is 1. The van der Waals surface area contributed by atoms with Gasteiger partial charge in [0.05, 0.1) is 23.5 Å². The zero-order valence-corrected chi connectivity index (χ0v) is 22.8. The third-order valence-electron chi connectivity index (χ3n) is 6.82. The van der Waals surface area contributed by atoms with Gasteiger partial charge in [-0.15, -0.1) is 0 Å². The number of piperidine rings is 2. The van der Waals surface area contributed by atoms with Gasteiger partial charge in [0.2, 0.25) is 11.5 Å². The second-order valence-electron chi connectivity index (χ2n) is 9.81. The molecule has 2 saturated heterocycles. The zero-order chi connectivity index (χ0) is 29.9. The monoisotopic (exact) mass is 604 g/mol. The molecule has 2 aliphatic heterocycles. The van der Waals surface area contributed by atoms with Crippen LogP contribution in [-0.2, 0) is 10.0 Å². The van der Waals surface area contributed by atoms with Crippen molar-refractivity contribution in [2.75, 3.05) is 52.6 Å². The van der Waals surface area contributed by atoms with Gasteiger partial charge < -0.3 is 20.2 Å². The molecule has 2 aromatic rings. The quantitative estimate of drug-likeness (QED) is 0.385. The largest absolute Gasteiger partial charge is 0.392 e. The average molecular weight is 605 g/mol. The minimum atomic E-state index is -4.60. The van der Waals surface area contributed by atoms with Crippen LogP contribution in [0.2, 0.25) is 0 Å². The van der Waals surface area contributed by atoms with Crippen molar-refractivity contribution in [3.63, 3.8) is 0 Å². The molecule has 0 spiro atoms. The summed E-state index contributed by atoms with van der Waals surface area (Å²) in [5.74, 6) is -3.16. The van der Waals surface area contributed by atoms with Crippen LogP contribution in [0.4, 0.5) is 45.1 Å². The number of aryl methyl sites for hydroxylation is 1. The Morgan fingerprint density at radius 3 is 2.34 bits per heavy atom. The fourth-order valence-electron chi connectivity index (χ4n) is 4.56. The zero-order valence-electron chi connectivity index (χ0n) is 22.0. The van der Waals surface area contributed by atoms with Gasteiger partial charge in [-0.3, -0.25) is 9.52 Å². The molecule has 1 atom stereocenters. The van der Waals surface area contributed by atoms with Gasteiger partial charge in [-0.1, -0.05) is 0 Å². The molecule has 0 aliphatic carbocycles. The lowest BCUT2D eigenvalue weighted by molar-refractivity contribution is -0.0222. The van der Waals surface area contributed by atoms with Crippen molar-refractivity contribution in [1.82, 2.24) is 9.97 Å². The first-order valence-corrected chi connectivity index (χ1v) is 14.3. The number of nitrogens with zero attached hydrogens (tertiary/aromatic N) is 4. The average Bonchev–Trinajstić information content (AvgIpc) is 2.92. The number of rotatable bonds is 8. The van der Waals surface area contributed by atoms with E-state index in [2.05, 4.69) is 15.3 Å². The van der Waals surface area contributed by atoms with E-state index in [9.17, 15) is 35.2 Å². The predicted molar refractivity (Wildman–Crippen MR) is 143 cm³/mol. The van der Waals surface area contributed by atoms with E-state index < -0.39 is 40.0 Å². The number of aromatic nitrogens is 2. The number of carbonyl (C=O) groups is 1. The van der Waals surface area contributed by atoms with E-state index in [1.807, 2.05) is 4.72 Å². The maximum atomic E-state index is 13.8. The Labute approximate surface area is 233 Å². The van der Waals surface area contributed by atoms with Gasteiger partial charge in [0.15, 0.2) is 0 Å². The fraction of sp³-hybridized carbons (Fsp3) is 0.480. The molecular formula is C25H29F5N6O4S. The van der Waals surface area contributed by atoms with Gasteiger partial charge in [-0.2, -0.15) is 13.8 Å². The van der Waals surface area contributed by atoms with Crippen molar-refractivity contribution < 1.29 is 40.3 Å². The molecule has 41 heavy (non-hydrogen) atoms. The minimum absolute atomic E-state index is 0.0136. The standard InChI is InChI=1S/C25H29F5N6O4S/c1-15-12-21(33-24(31-15)36-10-6-25(29,30)7-11-36)32-23(38)18-3-2-17(34-41(39,40)20(26)14-37)13-19(18)35-8-4-16(5-9-35)22(27)28/h2-3,12-13,20,34,37H,4-11,14H2,1H3,(H,31,32,33,38). The second kappa shape index (κ2) is 12.1. The van der Waals surface area contributed by atoms with E-state index in [4.69, 9.17) is 5.11 Å². The summed E-state index contributed by atoms with van der Waals surface area (Å²) in [4.78, 5) is 25.2. The van der Waals surface area contributed by atoms with E-state index >= 15 is 0 Å². The summed E-state index contributed by atoms with van der Waals surface area (Å²) >= 11 is 0. The van der Waals surface area contributed by atoms with E-state index in [0.29, 0.717) is 5.69 Å². The Bertz CT molecular complexity index is 1420. The number of halogens is 5. The number of sulfonamides is 1. The van der Waals surface area contributed by atoms with Gasteiger partial charge in [0, 0.05) is 50.8 Å². The highest BCUT2D eigenvalue weighted by atomic mass is 32.2. The molecule has 3 N–H and O–H groups in total. The van der Waals surface area contributed by atoms with Crippen LogP contribution in [0.5, 0.6) is 0 Å².